The number of carbonyl (C=O) groups excluding carboxylic acids is 1. The van der Waals surface area contributed by atoms with Crippen LogP contribution < -0.4 is 4.74 Å². The van der Waals surface area contributed by atoms with E-state index in [1.807, 2.05) is 12.1 Å². The quantitative estimate of drug-likeness (QED) is 0.789. The highest BCUT2D eigenvalue weighted by Gasteiger charge is 2.24. The number of aryl methyl sites for hydroxylation is 1. The van der Waals surface area contributed by atoms with Gasteiger partial charge in [-0.1, -0.05) is 12.1 Å². The largest absolute Gasteiger partial charge is 0.497 e. The van der Waals surface area contributed by atoms with Gasteiger partial charge in [-0.15, -0.1) is 0 Å². The van der Waals surface area contributed by atoms with Crippen LogP contribution in [0.25, 0.3) is 0 Å². The van der Waals surface area contributed by atoms with Crippen LogP contribution >= 0.6 is 0 Å². The zero-order valence-electron chi connectivity index (χ0n) is 14.9. The molecule has 0 aromatic heterocycles. The number of carbonyl (C=O) groups is 1. The summed E-state index contributed by atoms with van der Waals surface area (Å²) >= 11 is 0. The van der Waals surface area contributed by atoms with Crippen LogP contribution in [0.2, 0.25) is 0 Å². The highest BCUT2D eigenvalue weighted by atomic mass is 19.1. The molecule has 3 rings (SSSR count). The highest BCUT2D eigenvalue weighted by Crippen LogP contribution is 2.24. The van der Waals surface area contributed by atoms with Crippen LogP contribution in [0.1, 0.15) is 35.2 Å². The van der Waals surface area contributed by atoms with Gasteiger partial charge in [0.15, 0.2) is 0 Å². The molecule has 3 nitrogen and oxygen atoms in total. The maximum Gasteiger partial charge on any atom is 0.254 e. The van der Waals surface area contributed by atoms with Crippen LogP contribution in [0, 0.1) is 17.6 Å². The van der Waals surface area contributed by atoms with Gasteiger partial charge in [-0.2, -0.15) is 0 Å². The Balaban J connectivity index is 1.49. The van der Waals surface area contributed by atoms with Crippen molar-refractivity contribution in [1.29, 1.82) is 0 Å². The minimum absolute atomic E-state index is 0.0826. The van der Waals surface area contributed by atoms with Gasteiger partial charge in [-0.3, -0.25) is 4.79 Å². The van der Waals surface area contributed by atoms with E-state index in [1.54, 1.807) is 12.0 Å². The third-order valence-electron chi connectivity index (χ3n) is 5.01. The van der Waals surface area contributed by atoms with Gasteiger partial charge in [-0.25, -0.2) is 8.78 Å². The number of benzene rings is 2. The lowest BCUT2D eigenvalue weighted by atomic mass is 9.90. The van der Waals surface area contributed by atoms with Crippen molar-refractivity contribution in [3.8, 4) is 5.75 Å². The van der Waals surface area contributed by atoms with Crippen LogP contribution in [0.15, 0.2) is 42.5 Å². The molecular formula is C21H23F2NO2. The van der Waals surface area contributed by atoms with Gasteiger partial charge in [0, 0.05) is 24.7 Å². The summed E-state index contributed by atoms with van der Waals surface area (Å²) in [4.78, 5) is 14.1. The van der Waals surface area contributed by atoms with E-state index < -0.39 is 11.6 Å². The van der Waals surface area contributed by atoms with E-state index in [0.29, 0.717) is 19.0 Å². The molecule has 5 heteroatoms. The molecule has 0 spiro atoms. The predicted molar refractivity (Wildman–Crippen MR) is 96.3 cm³/mol. The first-order valence-electron chi connectivity index (χ1n) is 8.93. The number of nitrogens with zero attached hydrogens (tertiary/aromatic N) is 1. The molecule has 1 saturated heterocycles. The first-order chi connectivity index (χ1) is 12.5. The molecule has 1 aliphatic heterocycles. The van der Waals surface area contributed by atoms with Gasteiger partial charge in [-0.05, 0) is 61.4 Å². The highest BCUT2D eigenvalue weighted by molar-refractivity contribution is 5.94. The van der Waals surface area contributed by atoms with Crippen molar-refractivity contribution in [2.24, 2.45) is 5.92 Å². The lowest BCUT2D eigenvalue weighted by Crippen LogP contribution is -2.38. The zero-order chi connectivity index (χ0) is 18.5. The summed E-state index contributed by atoms with van der Waals surface area (Å²) in [6, 6.07) is 11.1. The van der Waals surface area contributed by atoms with Gasteiger partial charge in [0.2, 0.25) is 0 Å². The number of methoxy groups -OCH3 is 1. The average Bonchev–Trinajstić information content (AvgIpc) is 2.66. The average molecular weight is 359 g/mol. The summed E-state index contributed by atoms with van der Waals surface area (Å²) in [7, 11) is 1.66. The van der Waals surface area contributed by atoms with Crippen molar-refractivity contribution >= 4 is 5.91 Å². The van der Waals surface area contributed by atoms with Crippen LogP contribution in [0.4, 0.5) is 8.78 Å². The van der Waals surface area contributed by atoms with E-state index in [-0.39, 0.29) is 11.5 Å². The SMILES string of the molecule is COc1ccc(CCC2CCN(C(=O)c3cc(F)cc(F)c3)CC2)cc1. The second-order valence-electron chi connectivity index (χ2n) is 6.78. The fourth-order valence-electron chi connectivity index (χ4n) is 3.45. The summed E-state index contributed by atoms with van der Waals surface area (Å²) < 4.78 is 31.8. The normalized spacial score (nSPS) is 15.1. The number of piperidine rings is 1. The summed E-state index contributed by atoms with van der Waals surface area (Å²) in [5.41, 5.74) is 1.36. The molecule has 1 heterocycles. The Kier molecular flexibility index (Phi) is 5.86. The molecular weight excluding hydrogens is 336 g/mol. The maximum absolute atomic E-state index is 13.3. The van der Waals surface area contributed by atoms with Crippen LogP contribution in [-0.2, 0) is 6.42 Å². The number of likely N-dealkylation sites (tertiary alicyclic amines) is 1. The molecule has 138 valence electrons. The molecule has 0 unspecified atom stereocenters. The molecule has 1 amide bonds. The first kappa shape index (κ1) is 18.4. The molecule has 1 fully saturated rings. The topological polar surface area (TPSA) is 29.5 Å². The fourth-order valence-corrected chi connectivity index (χ4v) is 3.45. The molecule has 0 atom stereocenters. The molecule has 2 aromatic carbocycles. The van der Waals surface area contributed by atoms with Crippen molar-refractivity contribution in [3.63, 3.8) is 0 Å². The lowest BCUT2D eigenvalue weighted by molar-refractivity contribution is 0.0686. The lowest BCUT2D eigenvalue weighted by Gasteiger charge is -2.32. The van der Waals surface area contributed by atoms with E-state index in [1.165, 1.54) is 5.56 Å². The van der Waals surface area contributed by atoms with E-state index in [2.05, 4.69) is 12.1 Å². The van der Waals surface area contributed by atoms with Crippen molar-refractivity contribution in [2.75, 3.05) is 20.2 Å². The monoisotopic (exact) mass is 359 g/mol. The second-order valence-corrected chi connectivity index (χ2v) is 6.78. The number of amides is 1. The Bertz CT molecular complexity index is 733. The minimum atomic E-state index is -0.720. The Labute approximate surface area is 152 Å². The molecule has 0 N–H and O–H groups in total. The number of rotatable bonds is 5. The maximum atomic E-state index is 13.3. The van der Waals surface area contributed by atoms with Crippen molar-refractivity contribution < 1.29 is 18.3 Å². The van der Waals surface area contributed by atoms with E-state index >= 15 is 0 Å². The van der Waals surface area contributed by atoms with Crippen LogP contribution in [0.5, 0.6) is 5.75 Å². The van der Waals surface area contributed by atoms with Gasteiger partial charge < -0.3 is 9.64 Å². The predicted octanol–water partition coefficient (Wildman–Crippen LogP) is 4.46. The van der Waals surface area contributed by atoms with Crippen molar-refractivity contribution in [2.45, 2.75) is 25.7 Å². The Morgan fingerprint density at radius 3 is 2.27 bits per heavy atom. The molecule has 0 saturated carbocycles. The Morgan fingerprint density at radius 2 is 1.69 bits per heavy atom. The Hall–Kier alpha value is -2.43. The molecule has 2 aromatic rings. The summed E-state index contributed by atoms with van der Waals surface area (Å²) in [5, 5.41) is 0. The number of ether oxygens (including phenoxy) is 1. The molecule has 0 bridgehead atoms. The fraction of sp³-hybridized carbons (Fsp3) is 0.381. The summed E-state index contributed by atoms with van der Waals surface area (Å²) in [6.45, 7) is 1.26. The number of hydrogen-bond acceptors (Lipinski definition) is 2. The second kappa shape index (κ2) is 8.30. The Morgan fingerprint density at radius 1 is 1.08 bits per heavy atom. The van der Waals surface area contributed by atoms with Crippen molar-refractivity contribution in [3.05, 3.63) is 65.2 Å². The first-order valence-corrected chi connectivity index (χ1v) is 8.93. The third-order valence-corrected chi connectivity index (χ3v) is 5.01. The minimum Gasteiger partial charge on any atom is -0.497 e. The van der Waals surface area contributed by atoms with Gasteiger partial charge in [0.1, 0.15) is 17.4 Å². The van der Waals surface area contributed by atoms with Crippen LogP contribution in [-0.4, -0.2) is 31.0 Å². The zero-order valence-corrected chi connectivity index (χ0v) is 14.9. The standard InChI is InChI=1S/C21H23F2NO2/c1-26-20-6-4-15(5-7-20)2-3-16-8-10-24(11-9-16)21(25)17-12-18(22)14-19(23)13-17/h4-7,12-14,16H,2-3,8-11H2,1H3. The molecule has 26 heavy (non-hydrogen) atoms. The number of hydrogen-bond donors (Lipinski definition) is 0. The smallest absolute Gasteiger partial charge is 0.254 e. The van der Waals surface area contributed by atoms with Gasteiger partial charge in [0.25, 0.3) is 5.91 Å². The van der Waals surface area contributed by atoms with Gasteiger partial charge >= 0.3 is 0 Å². The third kappa shape index (κ3) is 4.59. The van der Waals surface area contributed by atoms with E-state index in [4.69, 9.17) is 4.74 Å². The molecule has 1 aliphatic rings. The van der Waals surface area contributed by atoms with Crippen LogP contribution in [0.3, 0.4) is 0 Å². The summed E-state index contributed by atoms with van der Waals surface area (Å²) in [6.07, 6.45) is 3.90. The summed E-state index contributed by atoms with van der Waals surface area (Å²) in [5.74, 6) is -0.317. The van der Waals surface area contributed by atoms with Gasteiger partial charge in [0.05, 0.1) is 7.11 Å². The van der Waals surface area contributed by atoms with Crippen molar-refractivity contribution in [1.82, 2.24) is 4.90 Å². The van der Waals surface area contributed by atoms with E-state index in [9.17, 15) is 13.6 Å². The molecule has 0 radical (unpaired) electrons. The molecule has 0 aliphatic carbocycles. The number of halogens is 2. The van der Waals surface area contributed by atoms with E-state index in [0.717, 1.165) is 49.6 Å².